The topological polar surface area (TPSA) is 113 Å². The van der Waals surface area contributed by atoms with Gasteiger partial charge in [-0.15, -0.1) is 0 Å². The van der Waals surface area contributed by atoms with E-state index in [0.717, 1.165) is 16.7 Å². The summed E-state index contributed by atoms with van der Waals surface area (Å²) in [4.78, 5) is 21.6. The van der Waals surface area contributed by atoms with E-state index in [1.807, 2.05) is 55.5 Å². The van der Waals surface area contributed by atoms with Crippen molar-refractivity contribution in [1.82, 2.24) is 0 Å². The molecular weight excluding hydrogens is 402 g/mol. The minimum Gasteiger partial charge on any atom is -0.407 e. The van der Waals surface area contributed by atoms with Crippen LogP contribution in [0.15, 0.2) is 101 Å². The highest BCUT2D eigenvalue weighted by Gasteiger charge is 2.26. The third-order valence-corrected chi connectivity index (χ3v) is 4.74. The molecule has 0 aliphatic carbocycles. The number of amides is 1. The second-order valence-corrected chi connectivity index (χ2v) is 6.95. The molecule has 0 saturated carbocycles. The van der Waals surface area contributed by atoms with Gasteiger partial charge in [-0.2, -0.15) is 4.99 Å². The molecule has 162 valence electrons. The fourth-order valence-corrected chi connectivity index (χ4v) is 3.13. The summed E-state index contributed by atoms with van der Waals surface area (Å²) in [6.45, 7) is 7.35. The number of nitrogens with two attached hydrogens (primary N) is 1. The van der Waals surface area contributed by atoms with Gasteiger partial charge in [0.2, 0.25) is 12.1 Å². The van der Waals surface area contributed by atoms with Gasteiger partial charge in [-0.3, -0.25) is 10.2 Å². The first-order valence-corrected chi connectivity index (χ1v) is 10.0. The number of nitrogens with zero attached hydrogens (tertiary/aromatic N) is 2. The van der Waals surface area contributed by atoms with E-state index in [0.29, 0.717) is 17.0 Å². The maximum atomic E-state index is 12.8. The van der Waals surface area contributed by atoms with E-state index < -0.39 is 12.1 Å². The van der Waals surface area contributed by atoms with Crippen LogP contribution in [0.4, 0.5) is 5.69 Å². The monoisotopic (exact) mass is 427 g/mol. The molecule has 4 N–H and O–H groups in total. The van der Waals surface area contributed by atoms with Crippen molar-refractivity contribution < 1.29 is 9.53 Å². The quantitative estimate of drug-likeness (QED) is 0.378. The molecular formula is C25H25N5O2. The van der Waals surface area contributed by atoms with Crippen LogP contribution in [0, 0.1) is 5.41 Å². The first-order valence-electron chi connectivity index (χ1n) is 10.0. The summed E-state index contributed by atoms with van der Waals surface area (Å²) in [6.07, 6.45) is 3.93. The van der Waals surface area contributed by atoms with Crippen LogP contribution in [-0.2, 0) is 9.53 Å². The van der Waals surface area contributed by atoms with E-state index in [4.69, 9.17) is 15.9 Å². The average Bonchev–Trinajstić information content (AvgIpc) is 2.93. The molecule has 0 radical (unpaired) electrons. The molecule has 32 heavy (non-hydrogen) atoms. The number of carbonyl (C=O) groups excluding carboxylic acids is 1. The number of allylic oxidation sites excluding steroid dienone is 3. The highest BCUT2D eigenvalue weighted by molar-refractivity contribution is 6.19. The second-order valence-electron chi connectivity index (χ2n) is 6.95. The van der Waals surface area contributed by atoms with Gasteiger partial charge in [-0.05, 0) is 25.5 Å². The van der Waals surface area contributed by atoms with E-state index in [2.05, 4.69) is 21.9 Å². The molecule has 0 saturated heterocycles. The fraction of sp³-hybridized carbons (Fsp3) is 0.120. The Hall–Kier alpha value is -4.26. The van der Waals surface area contributed by atoms with Gasteiger partial charge < -0.3 is 15.8 Å². The first-order chi connectivity index (χ1) is 15.4. The second kappa shape index (κ2) is 10.2. The van der Waals surface area contributed by atoms with E-state index in [1.54, 1.807) is 31.2 Å². The van der Waals surface area contributed by atoms with Crippen LogP contribution in [0.2, 0.25) is 0 Å². The van der Waals surface area contributed by atoms with Crippen molar-refractivity contribution in [3.63, 3.8) is 0 Å². The number of benzene rings is 2. The zero-order chi connectivity index (χ0) is 23.1. The summed E-state index contributed by atoms with van der Waals surface area (Å²) in [6, 6.07) is 16.6. The maximum absolute atomic E-state index is 12.8. The summed E-state index contributed by atoms with van der Waals surface area (Å²) >= 11 is 0. The number of anilines is 1. The van der Waals surface area contributed by atoms with Crippen LogP contribution in [0.3, 0.4) is 0 Å². The van der Waals surface area contributed by atoms with Crippen molar-refractivity contribution >= 4 is 29.2 Å². The number of hydrogen-bond donors (Lipinski definition) is 3. The zero-order valence-electron chi connectivity index (χ0n) is 18.0. The predicted octanol–water partition coefficient (Wildman–Crippen LogP) is 4.19. The fourth-order valence-electron chi connectivity index (χ4n) is 3.13. The molecule has 1 unspecified atom stereocenters. The van der Waals surface area contributed by atoms with Crippen molar-refractivity contribution in [1.29, 1.82) is 5.41 Å². The van der Waals surface area contributed by atoms with Crippen molar-refractivity contribution in [2.24, 2.45) is 15.7 Å². The molecule has 0 bridgehead atoms. The molecule has 2 aromatic carbocycles. The summed E-state index contributed by atoms with van der Waals surface area (Å²) in [5, 5.41) is 11.1. The van der Waals surface area contributed by atoms with Crippen molar-refractivity contribution in [3.8, 4) is 0 Å². The SMILES string of the molecule is C=C/C(C)=C(\C=C/C)C(=N)O/C(N)=N/C1N=C(c2ccccc2)c2ccccc2NC1=O. The number of para-hydroxylation sites is 1. The van der Waals surface area contributed by atoms with Crippen molar-refractivity contribution in [2.45, 2.75) is 20.0 Å². The zero-order valence-corrected chi connectivity index (χ0v) is 18.0. The van der Waals surface area contributed by atoms with Gasteiger partial charge in [0.05, 0.1) is 11.4 Å². The predicted molar refractivity (Wildman–Crippen MR) is 129 cm³/mol. The van der Waals surface area contributed by atoms with E-state index in [1.165, 1.54) is 0 Å². The summed E-state index contributed by atoms with van der Waals surface area (Å²) in [7, 11) is 0. The molecule has 0 spiro atoms. The number of aliphatic imine (C=N–C) groups is 2. The van der Waals surface area contributed by atoms with Crippen LogP contribution in [0.25, 0.3) is 0 Å². The van der Waals surface area contributed by atoms with Gasteiger partial charge in [0.1, 0.15) is 0 Å². The van der Waals surface area contributed by atoms with E-state index >= 15 is 0 Å². The van der Waals surface area contributed by atoms with Crippen LogP contribution in [0.1, 0.15) is 25.0 Å². The van der Waals surface area contributed by atoms with Crippen LogP contribution in [0.5, 0.6) is 0 Å². The van der Waals surface area contributed by atoms with Gasteiger partial charge in [-0.25, -0.2) is 4.99 Å². The highest BCUT2D eigenvalue weighted by Crippen LogP contribution is 2.24. The number of amidine groups is 1. The van der Waals surface area contributed by atoms with Crippen molar-refractivity contribution in [3.05, 3.63) is 102 Å². The summed E-state index contributed by atoms with van der Waals surface area (Å²) < 4.78 is 5.40. The minimum absolute atomic E-state index is 0.202. The van der Waals surface area contributed by atoms with Gasteiger partial charge in [0.25, 0.3) is 11.9 Å². The highest BCUT2D eigenvalue weighted by atomic mass is 16.5. The number of rotatable bonds is 5. The maximum Gasteiger partial charge on any atom is 0.291 e. The molecule has 0 aromatic heterocycles. The Morgan fingerprint density at radius 1 is 1.22 bits per heavy atom. The standard InChI is InChI=1S/C25H25N5O2/c1-4-11-18(16(3)5-2)22(26)32-25(27)30-23-24(31)28-20-15-10-9-14-19(20)21(29-23)17-12-7-6-8-13-17/h4-15,23,26H,2H2,1,3H3,(H2,27,30)(H,28,31)/b11-4-,18-16+,26-22?. The molecule has 1 amide bonds. The van der Waals surface area contributed by atoms with E-state index in [9.17, 15) is 4.79 Å². The lowest BCUT2D eigenvalue weighted by atomic mass is 10.0. The van der Waals surface area contributed by atoms with Crippen LogP contribution in [-0.4, -0.2) is 29.7 Å². The minimum atomic E-state index is -1.18. The van der Waals surface area contributed by atoms with Crippen LogP contribution < -0.4 is 11.1 Å². The lowest BCUT2D eigenvalue weighted by Gasteiger charge is -2.11. The van der Waals surface area contributed by atoms with Gasteiger partial charge in [0.15, 0.2) is 0 Å². The number of hydrogen-bond acceptors (Lipinski definition) is 5. The average molecular weight is 428 g/mol. The number of fused-ring (bicyclic) bond motifs is 1. The molecule has 1 atom stereocenters. The van der Waals surface area contributed by atoms with Gasteiger partial charge in [0, 0.05) is 16.7 Å². The van der Waals surface area contributed by atoms with Crippen LogP contribution >= 0.6 is 0 Å². The normalized spacial score (nSPS) is 16.9. The molecule has 1 aliphatic rings. The molecule has 1 aliphatic heterocycles. The molecule has 2 aromatic rings. The number of carbonyl (C=O) groups is 1. The number of nitrogens with one attached hydrogen (secondary N) is 2. The first kappa shape index (κ1) is 22.4. The number of benzodiazepines with no additional fused rings is 1. The lowest BCUT2D eigenvalue weighted by molar-refractivity contribution is -0.117. The Balaban J connectivity index is 1.98. The Morgan fingerprint density at radius 3 is 2.59 bits per heavy atom. The Kier molecular flexibility index (Phi) is 7.13. The summed E-state index contributed by atoms with van der Waals surface area (Å²) in [5.41, 5.74) is 10.0. The van der Waals surface area contributed by atoms with E-state index in [-0.39, 0.29) is 11.9 Å². The molecule has 7 nitrogen and oxygen atoms in total. The summed E-state index contributed by atoms with van der Waals surface area (Å²) in [5.74, 6) is -0.653. The molecule has 3 rings (SSSR count). The smallest absolute Gasteiger partial charge is 0.291 e. The largest absolute Gasteiger partial charge is 0.407 e. The molecule has 7 heteroatoms. The number of ether oxygens (including phenoxy) is 1. The Morgan fingerprint density at radius 2 is 1.91 bits per heavy atom. The Bertz CT molecular complexity index is 1160. The molecule has 1 heterocycles. The third-order valence-electron chi connectivity index (χ3n) is 4.74. The lowest BCUT2D eigenvalue weighted by Crippen LogP contribution is -2.29. The Labute approximate surface area is 187 Å². The third kappa shape index (κ3) is 5.07. The van der Waals surface area contributed by atoms with Gasteiger partial charge >= 0.3 is 0 Å². The van der Waals surface area contributed by atoms with Crippen molar-refractivity contribution in [2.75, 3.05) is 5.32 Å². The molecule has 0 fully saturated rings. The van der Waals surface area contributed by atoms with Gasteiger partial charge in [-0.1, -0.05) is 73.3 Å².